The summed E-state index contributed by atoms with van der Waals surface area (Å²) in [4.78, 5) is 22.0. The zero-order valence-electron chi connectivity index (χ0n) is 13.4. The van der Waals surface area contributed by atoms with Gasteiger partial charge in [0, 0.05) is 17.7 Å². The van der Waals surface area contributed by atoms with E-state index in [-0.39, 0.29) is 11.3 Å². The number of carbonyl (C=O) groups excluding carboxylic acids is 1. The molecule has 0 atom stereocenters. The van der Waals surface area contributed by atoms with Gasteiger partial charge in [-0.25, -0.2) is 5.43 Å². The fraction of sp³-hybridized carbons (Fsp3) is 0.125. The van der Waals surface area contributed by atoms with Crippen molar-refractivity contribution in [1.82, 2.24) is 5.43 Å². The number of hydrazone groups is 1. The molecule has 8 nitrogen and oxygen atoms in total. The van der Waals surface area contributed by atoms with Crippen LogP contribution in [0.15, 0.2) is 41.5 Å². The summed E-state index contributed by atoms with van der Waals surface area (Å²) in [5, 5.41) is 14.5. The van der Waals surface area contributed by atoms with Gasteiger partial charge in [0.25, 0.3) is 11.6 Å². The van der Waals surface area contributed by atoms with E-state index in [0.717, 1.165) is 3.57 Å². The van der Waals surface area contributed by atoms with Gasteiger partial charge < -0.3 is 9.47 Å². The molecule has 0 aliphatic heterocycles. The molecule has 9 heteroatoms. The van der Waals surface area contributed by atoms with Crippen LogP contribution in [0.25, 0.3) is 0 Å². The number of benzene rings is 2. The summed E-state index contributed by atoms with van der Waals surface area (Å²) in [5.74, 6) is 0.703. The molecule has 0 radical (unpaired) electrons. The highest BCUT2D eigenvalue weighted by molar-refractivity contribution is 14.1. The molecule has 2 aromatic rings. The van der Waals surface area contributed by atoms with E-state index in [1.807, 2.05) is 6.07 Å². The first-order valence-corrected chi connectivity index (χ1v) is 8.03. The highest BCUT2D eigenvalue weighted by atomic mass is 127. The number of carbonyl (C=O) groups is 1. The normalized spacial score (nSPS) is 10.5. The van der Waals surface area contributed by atoms with E-state index in [0.29, 0.717) is 17.1 Å². The number of ether oxygens (including phenoxy) is 2. The smallest absolute Gasteiger partial charge is 0.271 e. The number of nitrogens with one attached hydrogen (secondary N) is 1. The average molecular weight is 455 g/mol. The fourth-order valence-corrected chi connectivity index (χ4v) is 2.82. The van der Waals surface area contributed by atoms with Crippen LogP contribution in [0.4, 0.5) is 5.69 Å². The van der Waals surface area contributed by atoms with Crippen molar-refractivity contribution in [2.45, 2.75) is 0 Å². The minimum Gasteiger partial charge on any atom is -0.493 e. The molecule has 0 saturated carbocycles. The van der Waals surface area contributed by atoms with Crippen LogP contribution in [0.1, 0.15) is 15.9 Å². The topological polar surface area (TPSA) is 103 Å². The van der Waals surface area contributed by atoms with Gasteiger partial charge in [-0.15, -0.1) is 0 Å². The lowest BCUT2D eigenvalue weighted by molar-refractivity contribution is -0.384. The lowest BCUT2D eigenvalue weighted by Crippen LogP contribution is -2.17. The molecule has 0 aromatic heterocycles. The molecular weight excluding hydrogens is 441 g/mol. The van der Waals surface area contributed by atoms with Crippen molar-refractivity contribution in [3.63, 3.8) is 0 Å². The Morgan fingerprint density at radius 3 is 2.48 bits per heavy atom. The first-order valence-electron chi connectivity index (χ1n) is 6.95. The van der Waals surface area contributed by atoms with Gasteiger partial charge in [-0.3, -0.25) is 14.9 Å². The number of non-ortho nitro benzene ring substituents is 1. The van der Waals surface area contributed by atoms with Gasteiger partial charge in [0.1, 0.15) is 0 Å². The number of amides is 1. The Balaban J connectivity index is 2.08. The molecule has 1 amide bonds. The summed E-state index contributed by atoms with van der Waals surface area (Å²) in [6, 6.07) is 8.79. The molecule has 0 heterocycles. The van der Waals surface area contributed by atoms with Crippen molar-refractivity contribution < 1.29 is 19.2 Å². The van der Waals surface area contributed by atoms with E-state index in [4.69, 9.17) is 9.47 Å². The second-order valence-electron chi connectivity index (χ2n) is 4.74. The van der Waals surface area contributed by atoms with Crippen LogP contribution >= 0.6 is 22.6 Å². The third-order valence-corrected chi connectivity index (χ3v) is 3.98. The van der Waals surface area contributed by atoms with Crippen molar-refractivity contribution in [2.24, 2.45) is 5.10 Å². The van der Waals surface area contributed by atoms with E-state index in [2.05, 4.69) is 33.1 Å². The number of nitro benzene ring substituents is 1. The summed E-state index contributed by atoms with van der Waals surface area (Å²) in [5.41, 5.74) is 3.27. The van der Waals surface area contributed by atoms with Crippen LogP contribution in [-0.4, -0.2) is 31.3 Å². The van der Waals surface area contributed by atoms with Crippen molar-refractivity contribution in [3.8, 4) is 11.5 Å². The number of nitro groups is 1. The molecule has 0 aliphatic rings. The second-order valence-corrected chi connectivity index (χ2v) is 5.90. The number of halogens is 1. The maximum Gasteiger partial charge on any atom is 0.271 e. The lowest BCUT2D eigenvalue weighted by atomic mass is 10.2. The molecular formula is C16H14IN3O5. The number of rotatable bonds is 6. The Labute approximate surface area is 157 Å². The minimum absolute atomic E-state index is 0.0834. The van der Waals surface area contributed by atoms with E-state index in [9.17, 15) is 14.9 Å². The van der Waals surface area contributed by atoms with Crippen molar-refractivity contribution in [1.29, 1.82) is 0 Å². The number of hydrogen-bond acceptors (Lipinski definition) is 6. The van der Waals surface area contributed by atoms with E-state index in [1.54, 1.807) is 13.2 Å². The maximum atomic E-state index is 12.0. The largest absolute Gasteiger partial charge is 0.493 e. The molecule has 0 fully saturated rings. The van der Waals surface area contributed by atoms with Crippen LogP contribution in [0.3, 0.4) is 0 Å². The molecule has 25 heavy (non-hydrogen) atoms. The van der Waals surface area contributed by atoms with Gasteiger partial charge in [-0.2, -0.15) is 5.10 Å². The van der Waals surface area contributed by atoms with Crippen LogP contribution < -0.4 is 14.9 Å². The van der Waals surface area contributed by atoms with Gasteiger partial charge >= 0.3 is 0 Å². The monoisotopic (exact) mass is 455 g/mol. The molecule has 2 aromatic carbocycles. The van der Waals surface area contributed by atoms with Gasteiger partial charge in [0.15, 0.2) is 11.5 Å². The van der Waals surface area contributed by atoms with E-state index in [1.165, 1.54) is 37.6 Å². The average Bonchev–Trinajstić information content (AvgIpc) is 2.61. The summed E-state index contributed by atoms with van der Waals surface area (Å²) in [6.07, 6.45) is 1.47. The standard InChI is InChI=1S/C16H14IN3O5/c1-24-14-8-10(7-13(17)15(14)25-2)9-18-19-16(21)11-3-5-12(6-4-11)20(22)23/h3-9H,1-2H3,(H,19,21). The molecule has 0 unspecified atom stereocenters. The summed E-state index contributed by atoms with van der Waals surface area (Å²) < 4.78 is 11.3. The molecule has 130 valence electrons. The van der Waals surface area contributed by atoms with E-state index >= 15 is 0 Å². The predicted octanol–water partition coefficient (Wildman–Crippen LogP) is 2.98. The van der Waals surface area contributed by atoms with Crippen LogP contribution in [0.2, 0.25) is 0 Å². The van der Waals surface area contributed by atoms with Crippen molar-refractivity contribution >= 4 is 40.4 Å². The Morgan fingerprint density at radius 2 is 1.92 bits per heavy atom. The highest BCUT2D eigenvalue weighted by Gasteiger charge is 2.10. The van der Waals surface area contributed by atoms with Crippen LogP contribution in [0, 0.1) is 13.7 Å². The minimum atomic E-state index is -0.529. The van der Waals surface area contributed by atoms with Crippen LogP contribution in [-0.2, 0) is 0 Å². The molecule has 0 spiro atoms. The highest BCUT2D eigenvalue weighted by Crippen LogP contribution is 2.32. The molecule has 0 bridgehead atoms. The van der Waals surface area contributed by atoms with E-state index < -0.39 is 10.8 Å². The van der Waals surface area contributed by atoms with Crippen molar-refractivity contribution in [3.05, 3.63) is 61.2 Å². The SMILES string of the molecule is COc1cc(C=NNC(=O)c2ccc([N+](=O)[O-])cc2)cc(I)c1OC. The zero-order chi connectivity index (χ0) is 18.4. The molecule has 1 N–H and O–H groups in total. The fourth-order valence-electron chi connectivity index (χ4n) is 1.98. The predicted molar refractivity (Wildman–Crippen MR) is 100 cm³/mol. The van der Waals surface area contributed by atoms with Gasteiger partial charge in [0.05, 0.1) is 28.9 Å². The summed E-state index contributed by atoms with van der Waals surface area (Å²) in [7, 11) is 3.09. The maximum absolute atomic E-state index is 12.0. The Morgan fingerprint density at radius 1 is 1.24 bits per heavy atom. The molecule has 0 saturated heterocycles. The van der Waals surface area contributed by atoms with Crippen LogP contribution in [0.5, 0.6) is 11.5 Å². The number of hydrogen-bond donors (Lipinski definition) is 1. The lowest BCUT2D eigenvalue weighted by Gasteiger charge is -2.10. The Bertz CT molecular complexity index is 821. The number of methoxy groups -OCH3 is 2. The third-order valence-electron chi connectivity index (χ3n) is 3.18. The Kier molecular flexibility index (Phi) is 6.28. The van der Waals surface area contributed by atoms with Gasteiger partial charge in [0.2, 0.25) is 0 Å². The second kappa shape index (κ2) is 8.42. The van der Waals surface area contributed by atoms with Gasteiger partial charge in [-0.05, 0) is 52.4 Å². The first-order chi connectivity index (χ1) is 12.0. The third kappa shape index (κ3) is 4.66. The zero-order valence-corrected chi connectivity index (χ0v) is 15.5. The molecule has 2 rings (SSSR count). The first kappa shape index (κ1) is 18.6. The summed E-state index contributed by atoms with van der Waals surface area (Å²) >= 11 is 2.11. The Hall–Kier alpha value is -2.69. The van der Waals surface area contributed by atoms with Crippen molar-refractivity contribution in [2.75, 3.05) is 14.2 Å². The quantitative estimate of drug-likeness (QED) is 0.312. The number of nitrogens with zero attached hydrogens (tertiary/aromatic N) is 2. The van der Waals surface area contributed by atoms with Gasteiger partial charge in [-0.1, -0.05) is 0 Å². The summed E-state index contributed by atoms with van der Waals surface area (Å²) in [6.45, 7) is 0. The molecule has 0 aliphatic carbocycles.